The average molecular weight is 293 g/mol. The minimum absolute atomic E-state index is 0.0248. The van der Waals surface area contributed by atoms with Gasteiger partial charge in [0.1, 0.15) is 17.6 Å². The molecule has 0 aromatic carbocycles. The molecule has 0 bridgehead atoms. The summed E-state index contributed by atoms with van der Waals surface area (Å²) in [5.74, 6) is 0.264. The third-order valence-electron chi connectivity index (χ3n) is 2.66. The lowest BCUT2D eigenvalue weighted by molar-refractivity contribution is 0.420. The van der Waals surface area contributed by atoms with Crippen molar-refractivity contribution in [3.63, 3.8) is 0 Å². The summed E-state index contributed by atoms with van der Waals surface area (Å²) in [5, 5.41) is 6.26. The molecule has 0 aliphatic rings. The molecule has 0 amide bonds. The van der Waals surface area contributed by atoms with Gasteiger partial charge in [0.05, 0.1) is 6.20 Å². The van der Waals surface area contributed by atoms with E-state index in [1.165, 1.54) is 16.9 Å². The molecule has 0 saturated carbocycles. The maximum absolute atomic E-state index is 12.5. The normalized spacial score (nSPS) is 11.7. The molecule has 3 rings (SSSR count). The predicted octanol–water partition coefficient (Wildman–Crippen LogP) is 1.16. The molecule has 0 radical (unpaired) electrons. The first kappa shape index (κ1) is 12.5. The van der Waals surface area contributed by atoms with E-state index in [2.05, 4.69) is 24.7 Å². The second-order valence-electron chi connectivity index (χ2n) is 3.96. The number of anilines is 2. The van der Waals surface area contributed by atoms with Gasteiger partial charge in [0.15, 0.2) is 5.82 Å². The monoisotopic (exact) mass is 293 g/mol. The molecular formula is C11H11N5O3S. The van der Waals surface area contributed by atoms with Crippen LogP contribution in [0.4, 0.5) is 11.5 Å². The molecule has 0 aliphatic heterocycles. The van der Waals surface area contributed by atoms with Crippen molar-refractivity contribution in [1.29, 1.82) is 0 Å². The highest BCUT2D eigenvalue weighted by Crippen LogP contribution is 2.24. The Kier molecular flexibility index (Phi) is 2.83. The highest BCUT2D eigenvalue weighted by atomic mass is 32.2. The average Bonchev–Trinajstić information content (AvgIpc) is 3.04. The number of imidazole rings is 1. The largest absolute Gasteiger partial charge is 0.371 e. The number of hydrogen-bond acceptors (Lipinski definition) is 6. The van der Waals surface area contributed by atoms with Crippen LogP contribution in [0.2, 0.25) is 0 Å². The lowest BCUT2D eigenvalue weighted by atomic mass is 10.5. The van der Waals surface area contributed by atoms with Crippen molar-refractivity contribution >= 4 is 27.2 Å². The molecule has 0 aliphatic carbocycles. The molecule has 104 valence electrons. The van der Waals surface area contributed by atoms with Crippen LogP contribution >= 0.6 is 0 Å². The molecule has 0 atom stereocenters. The first-order chi connectivity index (χ1) is 9.62. The van der Waals surface area contributed by atoms with E-state index in [-0.39, 0.29) is 16.5 Å². The van der Waals surface area contributed by atoms with Gasteiger partial charge < -0.3 is 9.84 Å². The summed E-state index contributed by atoms with van der Waals surface area (Å²) in [7, 11) is -2.21. The summed E-state index contributed by atoms with van der Waals surface area (Å²) in [5.41, 5.74) is 0.778. The van der Waals surface area contributed by atoms with Crippen LogP contribution in [0.15, 0.2) is 46.4 Å². The molecule has 3 heterocycles. The molecule has 0 spiro atoms. The maximum Gasteiger partial charge on any atom is 0.281 e. The second-order valence-corrected chi connectivity index (χ2v) is 5.56. The van der Waals surface area contributed by atoms with Gasteiger partial charge in [0, 0.05) is 13.2 Å². The van der Waals surface area contributed by atoms with Crippen molar-refractivity contribution in [2.45, 2.75) is 5.03 Å². The van der Waals surface area contributed by atoms with E-state index in [0.29, 0.717) is 5.65 Å². The molecule has 2 N–H and O–H groups in total. The SMILES string of the molecule is CNc1nc2ccccn2c1S(=O)(=O)Nc1cnoc1. The quantitative estimate of drug-likeness (QED) is 0.748. The Hall–Kier alpha value is -2.55. The lowest BCUT2D eigenvalue weighted by Crippen LogP contribution is -2.16. The molecule has 20 heavy (non-hydrogen) atoms. The fraction of sp³-hybridized carbons (Fsp3) is 0.0909. The summed E-state index contributed by atoms with van der Waals surface area (Å²) in [6, 6.07) is 5.23. The number of sulfonamides is 1. The number of fused-ring (bicyclic) bond motifs is 1. The Morgan fingerprint density at radius 1 is 1.35 bits per heavy atom. The number of pyridine rings is 1. The van der Waals surface area contributed by atoms with E-state index in [9.17, 15) is 8.42 Å². The number of nitrogens with zero attached hydrogens (tertiary/aromatic N) is 3. The molecule has 0 fully saturated rings. The topological polar surface area (TPSA) is 102 Å². The minimum atomic E-state index is -3.82. The summed E-state index contributed by atoms with van der Waals surface area (Å²) in [4.78, 5) is 4.22. The standard InChI is InChI=1S/C11H11N5O3S/c1-12-10-11(16-5-3-2-4-9(16)14-10)20(17,18)15-8-6-13-19-7-8/h2-7,12,15H,1H3. The van der Waals surface area contributed by atoms with Crippen LogP contribution < -0.4 is 10.0 Å². The first-order valence-electron chi connectivity index (χ1n) is 5.69. The summed E-state index contributed by atoms with van der Waals surface area (Å²) in [6.07, 6.45) is 4.12. The minimum Gasteiger partial charge on any atom is -0.371 e. The van der Waals surface area contributed by atoms with Crippen LogP contribution in [-0.4, -0.2) is 30.0 Å². The highest BCUT2D eigenvalue weighted by Gasteiger charge is 2.25. The molecule has 3 aromatic heterocycles. The molecule has 0 saturated heterocycles. The molecular weight excluding hydrogens is 282 g/mol. The molecule has 9 heteroatoms. The van der Waals surface area contributed by atoms with Crippen LogP contribution in [-0.2, 0) is 10.0 Å². The second kappa shape index (κ2) is 4.53. The Morgan fingerprint density at radius 2 is 2.20 bits per heavy atom. The van der Waals surface area contributed by atoms with E-state index >= 15 is 0 Å². The van der Waals surface area contributed by atoms with Crippen molar-refractivity contribution in [2.75, 3.05) is 17.1 Å². The fourth-order valence-corrected chi connectivity index (χ4v) is 3.18. The molecule has 3 aromatic rings. The third-order valence-corrected chi connectivity index (χ3v) is 4.07. The van der Waals surface area contributed by atoms with Crippen LogP contribution in [0.3, 0.4) is 0 Å². The van der Waals surface area contributed by atoms with Gasteiger partial charge in [-0.1, -0.05) is 11.2 Å². The summed E-state index contributed by atoms with van der Waals surface area (Å²) >= 11 is 0. The zero-order chi connectivity index (χ0) is 14.2. The molecule has 0 unspecified atom stereocenters. The van der Waals surface area contributed by atoms with Gasteiger partial charge in [-0.2, -0.15) is 8.42 Å². The van der Waals surface area contributed by atoms with Crippen molar-refractivity contribution in [2.24, 2.45) is 0 Å². The predicted molar refractivity (Wildman–Crippen MR) is 72.1 cm³/mol. The smallest absolute Gasteiger partial charge is 0.281 e. The fourth-order valence-electron chi connectivity index (χ4n) is 1.85. The van der Waals surface area contributed by atoms with E-state index < -0.39 is 10.0 Å². The first-order valence-corrected chi connectivity index (χ1v) is 7.17. The van der Waals surface area contributed by atoms with Crippen LogP contribution in [0.1, 0.15) is 0 Å². The lowest BCUT2D eigenvalue weighted by Gasteiger charge is -2.07. The van der Waals surface area contributed by atoms with Crippen molar-refractivity contribution in [3.05, 3.63) is 36.9 Å². The van der Waals surface area contributed by atoms with E-state index in [1.807, 2.05) is 0 Å². The van der Waals surface area contributed by atoms with Gasteiger partial charge in [0.2, 0.25) is 5.03 Å². The van der Waals surface area contributed by atoms with Crippen molar-refractivity contribution < 1.29 is 12.9 Å². The summed E-state index contributed by atoms with van der Waals surface area (Å²) < 4.78 is 33.4. The number of aromatic nitrogens is 3. The van der Waals surface area contributed by atoms with Gasteiger partial charge in [-0.3, -0.25) is 9.12 Å². The van der Waals surface area contributed by atoms with E-state index in [1.54, 1.807) is 31.4 Å². The van der Waals surface area contributed by atoms with Gasteiger partial charge in [-0.25, -0.2) is 4.98 Å². The number of nitrogens with one attached hydrogen (secondary N) is 2. The van der Waals surface area contributed by atoms with Crippen LogP contribution in [0, 0.1) is 0 Å². The zero-order valence-corrected chi connectivity index (χ0v) is 11.3. The zero-order valence-electron chi connectivity index (χ0n) is 10.4. The van der Waals surface area contributed by atoms with Crippen LogP contribution in [0.5, 0.6) is 0 Å². The van der Waals surface area contributed by atoms with Gasteiger partial charge >= 0.3 is 0 Å². The van der Waals surface area contributed by atoms with Gasteiger partial charge in [-0.05, 0) is 12.1 Å². The Labute approximate surface area is 114 Å². The maximum atomic E-state index is 12.5. The van der Waals surface area contributed by atoms with Gasteiger partial charge in [0.25, 0.3) is 10.0 Å². The number of hydrogen-bond donors (Lipinski definition) is 2. The van der Waals surface area contributed by atoms with Crippen molar-refractivity contribution in [3.8, 4) is 0 Å². The van der Waals surface area contributed by atoms with Crippen LogP contribution in [0.25, 0.3) is 5.65 Å². The summed E-state index contributed by atoms with van der Waals surface area (Å²) in [6.45, 7) is 0. The van der Waals surface area contributed by atoms with E-state index in [0.717, 1.165) is 0 Å². The third kappa shape index (κ3) is 1.97. The Balaban J connectivity index is 2.17. The Morgan fingerprint density at radius 3 is 2.90 bits per heavy atom. The highest BCUT2D eigenvalue weighted by molar-refractivity contribution is 7.92. The van der Waals surface area contributed by atoms with E-state index in [4.69, 9.17) is 0 Å². The van der Waals surface area contributed by atoms with Gasteiger partial charge in [-0.15, -0.1) is 0 Å². The number of rotatable bonds is 4. The Bertz CT molecular complexity index is 838. The van der Waals surface area contributed by atoms with Crippen molar-refractivity contribution in [1.82, 2.24) is 14.5 Å². The molecule has 8 nitrogen and oxygen atoms in total.